The highest BCUT2D eigenvalue weighted by atomic mass is 35.5. The monoisotopic (exact) mass is 309 g/mol. The summed E-state index contributed by atoms with van der Waals surface area (Å²) in [5, 5.41) is 7.37. The number of nitrogens with one attached hydrogen (secondary N) is 1. The third kappa shape index (κ3) is 2.94. The lowest BCUT2D eigenvalue weighted by Crippen LogP contribution is -2.27. The molecule has 2 aromatic rings. The van der Waals surface area contributed by atoms with E-state index in [1.807, 2.05) is 7.05 Å². The van der Waals surface area contributed by atoms with Crippen molar-refractivity contribution < 1.29 is 8.91 Å². The molecule has 1 saturated carbocycles. The lowest BCUT2D eigenvalue weighted by atomic mass is 10.0. The van der Waals surface area contributed by atoms with Crippen LogP contribution in [0.4, 0.5) is 4.39 Å². The summed E-state index contributed by atoms with van der Waals surface area (Å²) in [5.41, 5.74) is 0.478. The van der Waals surface area contributed by atoms with Gasteiger partial charge in [-0.1, -0.05) is 35.3 Å². The zero-order chi connectivity index (χ0) is 14.8. The fraction of sp³-hybridized carbons (Fsp3) is 0.467. The maximum absolute atomic E-state index is 13.9. The molecule has 1 aliphatic carbocycles. The number of hydrogen-bond donors (Lipinski definition) is 1. The Morgan fingerprint density at radius 1 is 1.43 bits per heavy atom. The zero-order valence-electron chi connectivity index (χ0n) is 11.8. The maximum Gasteiger partial charge on any atom is 0.231 e. The summed E-state index contributed by atoms with van der Waals surface area (Å²) in [5.74, 6) is 0.970. The predicted octanol–water partition coefficient (Wildman–Crippen LogP) is 3.31. The summed E-state index contributed by atoms with van der Waals surface area (Å²) in [6.45, 7) is 0. The Morgan fingerprint density at radius 2 is 2.29 bits per heavy atom. The highest BCUT2D eigenvalue weighted by molar-refractivity contribution is 6.30. The summed E-state index contributed by atoms with van der Waals surface area (Å²) < 4.78 is 19.2. The molecule has 0 spiro atoms. The molecule has 0 radical (unpaired) electrons. The molecule has 4 nitrogen and oxygen atoms in total. The van der Waals surface area contributed by atoms with E-state index in [2.05, 4.69) is 15.5 Å². The van der Waals surface area contributed by atoms with Crippen LogP contribution < -0.4 is 5.32 Å². The Morgan fingerprint density at radius 3 is 3.10 bits per heavy atom. The fourth-order valence-electron chi connectivity index (χ4n) is 2.95. The van der Waals surface area contributed by atoms with Crippen molar-refractivity contribution in [2.45, 2.75) is 37.6 Å². The number of benzene rings is 1. The molecule has 6 heteroatoms. The normalized spacial score (nSPS) is 21.9. The van der Waals surface area contributed by atoms with Gasteiger partial charge in [-0.15, -0.1) is 0 Å². The predicted molar refractivity (Wildman–Crippen MR) is 78.0 cm³/mol. The molecule has 1 heterocycles. The van der Waals surface area contributed by atoms with Crippen molar-refractivity contribution in [1.82, 2.24) is 15.5 Å². The van der Waals surface area contributed by atoms with Gasteiger partial charge >= 0.3 is 0 Å². The van der Waals surface area contributed by atoms with Crippen LogP contribution >= 0.6 is 11.6 Å². The second-order valence-corrected chi connectivity index (χ2v) is 5.78. The van der Waals surface area contributed by atoms with E-state index < -0.39 is 5.82 Å². The van der Waals surface area contributed by atoms with Gasteiger partial charge in [-0.2, -0.15) is 4.98 Å². The summed E-state index contributed by atoms with van der Waals surface area (Å²) in [6, 6.07) is 5.30. The smallest absolute Gasteiger partial charge is 0.231 e. The number of halogens is 2. The second-order valence-electron chi connectivity index (χ2n) is 5.37. The molecule has 0 saturated heterocycles. The summed E-state index contributed by atoms with van der Waals surface area (Å²) in [6.07, 6.45) is 3.59. The number of hydrogen-bond acceptors (Lipinski definition) is 4. The fourth-order valence-corrected chi connectivity index (χ4v) is 3.14. The van der Waals surface area contributed by atoms with E-state index >= 15 is 0 Å². The average molecular weight is 310 g/mol. The molecule has 2 atom stereocenters. The van der Waals surface area contributed by atoms with E-state index in [1.165, 1.54) is 6.07 Å². The largest absolute Gasteiger partial charge is 0.339 e. The first-order valence-corrected chi connectivity index (χ1v) is 7.49. The Bertz CT molecular complexity index is 631. The van der Waals surface area contributed by atoms with Crippen LogP contribution in [-0.2, 0) is 6.42 Å². The number of aromatic nitrogens is 2. The summed E-state index contributed by atoms with van der Waals surface area (Å²) in [4.78, 5) is 4.43. The molecule has 0 aliphatic heterocycles. The third-order valence-electron chi connectivity index (χ3n) is 4.07. The van der Waals surface area contributed by atoms with Gasteiger partial charge in [0.25, 0.3) is 0 Å². The van der Waals surface area contributed by atoms with Crippen molar-refractivity contribution in [1.29, 1.82) is 0 Å². The van der Waals surface area contributed by atoms with Crippen LogP contribution in [0.25, 0.3) is 0 Å². The van der Waals surface area contributed by atoms with Crippen LogP contribution in [0.2, 0.25) is 5.02 Å². The van der Waals surface area contributed by atoms with E-state index in [0.29, 0.717) is 23.3 Å². The van der Waals surface area contributed by atoms with E-state index in [9.17, 15) is 4.39 Å². The Hall–Kier alpha value is -1.46. The molecule has 112 valence electrons. The first-order chi connectivity index (χ1) is 10.2. The lowest BCUT2D eigenvalue weighted by molar-refractivity contribution is 0.332. The SMILES string of the molecule is CNC1CCCC1c1nc(Cc2cccc(Cl)c2F)no1. The van der Waals surface area contributed by atoms with Crippen LogP contribution in [0.5, 0.6) is 0 Å². The second kappa shape index (κ2) is 6.12. The van der Waals surface area contributed by atoms with E-state index in [0.717, 1.165) is 19.3 Å². The Balaban J connectivity index is 1.77. The van der Waals surface area contributed by atoms with Crippen LogP contribution in [-0.4, -0.2) is 23.2 Å². The topological polar surface area (TPSA) is 51.0 Å². The molecular formula is C15H17ClFN3O. The highest BCUT2D eigenvalue weighted by Gasteiger charge is 2.31. The number of rotatable bonds is 4. The van der Waals surface area contributed by atoms with E-state index in [1.54, 1.807) is 12.1 Å². The molecule has 1 fully saturated rings. The first kappa shape index (κ1) is 14.5. The molecule has 1 N–H and O–H groups in total. The van der Waals surface area contributed by atoms with Crippen molar-refractivity contribution in [3.63, 3.8) is 0 Å². The molecule has 21 heavy (non-hydrogen) atoms. The molecule has 2 unspecified atom stereocenters. The molecule has 1 aliphatic rings. The first-order valence-electron chi connectivity index (χ1n) is 7.11. The molecular weight excluding hydrogens is 293 g/mol. The molecule has 1 aromatic heterocycles. The van der Waals surface area contributed by atoms with Crippen LogP contribution in [0.3, 0.4) is 0 Å². The average Bonchev–Trinajstić information content (AvgIpc) is 3.12. The minimum atomic E-state index is -0.417. The Labute approximate surface area is 127 Å². The summed E-state index contributed by atoms with van der Waals surface area (Å²) in [7, 11) is 1.95. The Kier molecular flexibility index (Phi) is 4.22. The van der Waals surface area contributed by atoms with Crippen LogP contribution in [0, 0.1) is 5.82 Å². The van der Waals surface area contributed by atoms with Crippen molar-refractivity contribution in [3.8, 4) is 0 Å². The number of likely N-dealkylation sites (N-methyl/N-ethyl adjacent to an activating group) is 1. The van der Waals surface area contributed by atoms with Gasteiger partial charge in [-0.05, 0) is 31.5 Å². The molecule has 0 bridgehead atoms. The van der Waals surface area contributed by atoms with Gasteiger partial charge in [0.05, 0.1) is 10.9 Å². The van der Waals surface area contributed by atoms with Crippen molar-refractivity contribution in [2.24, 2.45) is 0 Å². The van der Waals surface area contributed by atoms with Crippen LogP contribution in [0.15, 0.2) is 22.7 Å². The van der Waals surface area contributed by atoms with Crippen molar-refractivity contribution in [2.75, 3.05) is 7.05 Å². The molecule has 1 aromatic carbocycles. The van der Waals surface area contributed by atoms with Gasteiger partial charge in [-0.25, -0.2) is 4.39 Å². The highest BCUT2D eigenvalue weighted by Crippen LogP contribution is 2.33. The minimum absolute atomic E-state index is 0.113. The molecule has 0 amide bonds. The third-order valence-corrected chi connectivity index (χ3v) is 4.36. The van der Waals surface area contributed by atoms with Gasteiger partial charge in [-0.3, -0.25) is 0 Å². The molecule has 3 rings (SSSR count). The van der Waals surface area contributed by atoms with Crippen molar-refractivity contribution in [3.05, 3.63) is 46.3 Å². The lowest BCUT2D eigenvalue weighted by Gasteiger charge is -2.14. The summed E-state index contributed by atoms with van der Waals surface area (Å²) >= 11 is 5.78. The van der Waals surface area contributed by atoms with E-state index in [-0.39, 0.29) is 17.4 Å². The maximum atomic E-state index is 13.9. The van der Waals surface area contributed by atoms with Gasteiger partial charge < -0.3 is 9.84 Å². The minimum Gasteiger partial charge on any atom is -0.339 e. The van der Waals surface area contributed by atoms with Gasteiger partial charge in [0, 0.05) is 12.5 Å². The number of nitrogens with zero attached hydrogens (tertiary/aromatic N) is 2. The standard InChI is InChI=1S/C15H17ClFN3O/c1-18-12-7-3-5-10(12)15-19-13(20-21-15)8-9-4-2-6-11(16)14(9)17/h2,4,6,10,12,18H,3,5,7-8H2,1H3. The van der Waals surface area contributed by atoms with Gasteiger partial charge in [0.15, 0.2) is 5.82 Å². The van der Waals surface area contributed by atoms with Gasteiger partial charge in [0.2, 0.25) is 5.89 Å². The van der Waals surface area contributed by atoms with Crippen molar-refractivity contribution >= 4 is 11.6 Å². The van der Waals surface area contributed by atoms with E-state index in [4.69, 9.17) is 16.1 Å². The van der Waals surface area contributed by atoms with Crippen LogP contribution in [0.1, 0.15) is 42.5 Å². The zero-order valence-corrected chi connectivity index (χ0v) is 12.5. The quantitative estimate of drug-likeness (QED) is 0.941. The van der Waals surface area contributed by atoms with Gasteiger partial charge in [0.1, 0.15) is 5.82 Å².